The van der Waals surface area contributed by atoms with E-state index in [4.69, 9.17) is 0 Å². The summed E-state index contributed by atoms with van der Waals surface area (Å²) in [5.41, 5.74) is 15.5. The van der Waals surface area contributed by atoms with Crippen LogP contribution in [0.1, 0.15) is 60.5 Å². The molecule has 0 amide bonds. The number of thiazole rings is 1. The van der Waals surface area contributed by atoms with Crippen molar-refractivity contribution in [2.45, 2.75) is 44.3 Å². The Bertz CT molecular complexity index is 1930. The zero-order chi connectivity index (χ0) is 29.3. The quantitative estimate of drug-likeness (QED) is 0.151. The lowest BCUT2D eigenvalue weighted by atomic mass is 10.00. The third-order valence-electron chi connectivity index (χ3n) is 8.01. The van der Waals surface area contributed by atoms with Crippen LogP contribution >= 0.6 is 11.3 Å². The highest BCUT2D eigenvalue weighted by atomic mass is 32.1. The van der Waals surface area contributed by atoms with E-state index in [1.54, 1.807) is 17.5 Å². The van der Waals surface area contributed by atoms with Crippen LogP contribution < -0.4 is 21.6 Å². The fourth-order valence-corrected chi connectivity index (χ4v) is 6.49. The molecule has 0 bridgehead atoms. The summed E-state index contributed by atoms with van der Waals surface area (Å²) < 4.78 is 1.10. The van der Waals surface area contributed by atoms with Gasteiger partial charge in [0.05, 0.1) is 55.8 Å². The Balaban J connectivity index is 1.35. The van der Waals surface area contributed by atoms with Gasteiger partial charge in [0.2, 0.25) is 0 Å². The third-order valence-corrected chi connectivity index (χ3v) is 8.90. The van der Waals surface area contributed by atoms with Gasteiger partial charge in [-0.05, 0) is 48.6 Å². The highest BCUT2D eigenvalue weighted by Gasteiger charge is 2.33. The molecule has 1 fully saturated rings. The predicted octanol–water partition coefficient (Wildman–Crippen LogP) is 6.63. The Labute approximate surface area is 253 Å². The van der Waals surface area contributed by atoms with Gasteiger partial charge < -0.3 is 16.1 Å². The number of anilines is 2. The fraction of sp³-hybridized carbons (Fsp3) is 0.212. The van der Waals surface area contributed by atoms with Crippen LogP contribution in [-0.2, 0) is 0 Å². The molecule has 0 saturated heterocycles. The molecule has 5 aromatic rings. The third kappa shape index (κ3) is 5.08. The number of nitrogens with zero attached hydrogens (tertiary/aromatic N) is 5. The lowest BCUT2D eigenvalue weighted by Gasteiger charge is -2.24. The lowest BCUT2D eigenvalue weighted by Crippen LogP contribution is -2.38. The van der Waals surface area contributed by atoms with Crippen molar-refractivity contribution in [1.29, 1.82) is 10.5 Å². The highest BCUT2D eigenvalue weighted by molar-refractivity contribution is 7.17. The summed E-state index contributed by atoms with van der Waals surface area (Å²) in [7, 11) is 0. The van der Waals surface area contributed by atoms with Crippen LogP contribution in [0.25, 0.3) is 21.1 Å². The van der Waals surface area contributed by atoms with Crippen LogP contribution in [0.4, 0.5) is 11.4 Å². The molecule has 2 aliphatic rings. The first-order valence-corrected chi connectivity index (χ1v) is 15.2. The molecular weight excluding hydrogens is 554 g/mol. The molecular formula is C33H29N9S. The standard InChI is InChI=1S/C33H29N9S/c1-2-27(20-7-4-3-5-8-20)39-31-22(16-35)17-36-30-21(15-34)13-23(14-26(30)31)38-32(29-18-42(41-40-29)24-11-12-24)25-9-6-10-28-33(25)43-19-37-28/h3-10,13-14,17-19,24,27,32,38,40-41H,2,11-12H2,1H3,(H,36,39)/t27-,32+/m1/s1. The summed E-state index contributed by atoms with van der Waals surface area (Å²) in [5.74, 6) is 0. The first kappa shape index (κ1) is 26.7. The highest BCUT2D eigenvalue weighted by Crippen LogP contribution is 2.38. The summed E-state index contributed by atoms with van der Waals surface area (Å²) >= 11 is 1.61. The van der Waals surface area contributed by atoms with Gasteiger partial charge in [-0.25, -0.2) is 4.98 Å². The number of nitriles is 2. The van der Waals surface area contributed by atoms with Gasteiger partial charge in [0.1, 0.15) is 12.1 Å². The van der Waals surface area contributed by atoms with E-state index in [2.05, 4.69) is 80.0 Å². The summed E-state index contributed by atoms with van der Waals surface area (Å²) in [6.45, 7) is 2.11. The van der Waals surface area contributed by atoms with Crippen molar-refractivity contribution in [1.82, 2.24) is 25.9 Å². The molecule has 3 heterocycles. The van der Waals surface area contributed by atoms with Gasteiger partial charge in [-0.3, -0.25) is 9.99 Å². The van der Waals surface area contributed by atoms with Gasteiger partial charge in [-0.1, -0.05) is 49.4 Å². The van der Waals surface area contributed by atoms with Crippen molar-refractivity contribution in [2.75, 3.05) is 10.6 Å². The zero-order valence-electron chi connectivity index (χ0n) is 23.5. The van der Waals surface area contributed by atoms with Crippen LogP contribution in [0.5, 0.6) is 0 Å². The van der Waals surface area contributed by atoms with Gasteiger partial charge >= 0.3 is 0 Å². The molecule has 7 rings (SSSR count). The number of aromatic nitrogens is 2. The normalized spacial score (nSPS) is 15.8. The van der Waals surface area contributed by atoms with Crippen LogP contribution in [-0.4, -0.2) is 21.0 Å². The summed E-state index contributed by atoms with van der Waals surface area (Å²) in [6.07, 6.45) is 6.79. The molecule has 2 atom stereocenters. The van der Waals surface area contributed by atoms with Crippen molar-refractivity contribution < 1.29 is 0 Å². The number of pyridine rings is 1. The maximum Gasteiger partial charge on any atom is 0.103 e. The van der Waals surface area contributed by atoms with Gasteiger partial charge in [0, 0.05) is 29.5 Å². The van der Waals surface area contributed by atoms with Gasteiger partial charge in [-0.2, -0.15) is 10.5 Å². The van der Waals surface area contributed by atoms with Crippen molar-refractivity contribution >= 4 is 43.8 Å². The van der Waals surface area contributed by atoms with E-state index in [-0.39, 0.29) is 12.1 Å². The largest absolute Gasteiger partial charge is 0.377 e. The van der Waals surface area contributed by atoms with E-state index < -0.39 is 0 Å². The Hall–Kier alpha value is -5.16. The van der Waals surface area contributed by atoms with E-state index in [0.29, 0.717) is 28.4 Å². The first-order valence-electron chi connectivity index (χ1n) is 14.4. The SMILES string of the molecule is CC[C@@H](Nc1c(C#N)cnc2c(C#N)cc(N[C@H](C3=CN(C4CC4)NN3)c3cccc4ncsc34)cc12)c1ccccc1. The molecule has 0 radical (unpaired) electrons. The second-order valence-corrected chi connectivity index (χ2v) is 11.6. The van der Waals surface area contributed by atoms with E-state index in [9.17, 15) is 10.5 Å². The molecule has 0 spiro atoms. The minimum absolute atomic E-state index is 0.0231. The molecule has 3 aromatic carbocycles. The minimum Gasteiger partial charge on any atom is -0.377 e. The first-order chi connectivity index (χ1) is 21.2. The maximum absolute atomic E-state index is 10.2. The number of hydrogen-bond donors (Lipinski definition) is 4. The smallest absolute Gasteiger partial charge is 0.103 e. The summed E-state index contributed by atoms with van der Waals surface area (Å²) in [5, 5.41) is 30.5. The predicted molar refractivity (Wildman–Crippen MR) is 169 cm³/mol. The topological polar surface area (TPSA) is 125 Å². The molecule has 43 heavy (non-hydrogen) atoms. The Kier molecular flexibility index (Phi) is 6.99. The van der Waals surface area contributed by atoms with Gasteiger partial charge in [-0.15, -0.1) is 16.9 Å². The number of benzene rings is 3. The maximum atomic E-state index is 10.2. The van der Waals surface area contributed by atoms with Crippen LogP contribution in [0.3, 0.4) is 0 Å². The zero-order valence-corrected chi connectivity index (χ0v) is 24.3. The van der Waals surface area contributed by atoms with Gasteiger partial charge in [0.15, 0.2) is 0 Å². The fourth-order valence-electron chi connectivity index (χ4n) is 5.66. The van der Waals surface area contributed by atoms with Crippen LogP contribution in [0.15, 0.2) is 84.3 Å². The molecule has 212 valence electrons. The summed E-state index contributed by atoms with van der Waals surface area (Å²) in [6, 6.07) is 25.0. The van der Waals surface area contributed by atoms with Gasteiger partial charge in [0.25, 0.3) is 0 Å². The Morgan fingerprint density at radius 2 is 1.86 bits per heavy atom. The number of hydrogen-bond acceptors (Lipinski definition) is 10. The Morgan fingerprint density at radius 1 is 1.02 bits per heavy atom. The van der Waals surface area contributed by atoms with Crippen molar-refractivity contribution in [3.05, 3.63) is 107 Å². The van der Waals surface area contributed by atoms with Crippen molar-refractivity contribution in [3.63, 3.8) is 0 Å². The van der Waals surface area contributed by atoms with E-state index in [0.717, 1.165) is 57.4 Å². The molecule has 4 N–H and O–H groups in total. The summed E-state index contributed by atoms with van der Waals surface area (Å²) in [4.78, 5) is 9.10. The molecule has 1 aliphatic carbocycles. The Morgan fingerprint density at radius 3 is 2.63 bits per heavy atom. The molecule has 1 saturated carbocycles. The second-order valence-electron chi connectivity index (χ2n) is 10.8. The van der Waals surface area contributed by atoms with E-state index in [1.165, 1.54) is 0 Å². The molecule has 1 aliphatic heterocycles. The van der Waals surface area contributed by atoms with Crippen molar-refractivity contribution in [2.24, 2.45) is 0 Å². The number of hydrazine groups is 2. The average Bonchev–Trinajstić information content (AvgIpc) is 3.57. The average molecular weight is 584 g/mol. The molecule has 10 heteroatoms. The van der Waals surface area contributed by atoms with Crippen LogP contribution in [0, 0.1) is 22.7 Å². The molecule has 0 unspecified atom stereocenters. The van der Waals surface area contributed by atoms with E-state index in [1.807, 2.05) is 48.0 Å². The van der Waals surface area contributed by atoms with Crippen molar-refractivity contribution in [3.8, 4) is 12.1 Å². The lowest BCUT2D eigenvalue weighted by molar-refractivity contribution is 0.260. The van der Waals surface area contributed by atoms with E-state index >= 15 is 0 Å². The molecule has 2 aromatic heterocycles. The molecule has 9 nitrogen and oxygen atoms in total. The minimum atomic E-state index is -0.263. The number of fused-ring (bicyclic) bond motifs is 2. The number of nitrogens with one attached hydrogen (secondary N) is 4. The number of rotatable bonds is 9. The monoisotopic (exact) mass is 583 g/mol. The second kappa shape index (κ2) is 11.3. The van der Waals surface area contributed by atoms with Crippen LogP contribution in [0.2, 0.25) is 0 Å².